The zero-order valence-corrected chi connectivity index (χ0v) is 15.8. The van der Waals surface area contributed by atoms with Crippen LogP contribution in [-0.4, -0.2) is 31.2 Å². The van der Waals surface area contributed by atoms with Crippen molar-refractivity contribution in [3.05, 3.63) is 88.7 Å². The zero-order valence-electron chi connectivity index (χ0n) is 15.0. The Bertz CT molecular complexity index is 1140. The number of carbonyl (C=O) groups excluding carboxylic acids is 1. The minimum atomic E-state index is -0.499. The summed E-state index contributed by atoms with van der Waals surface area (Å²) in [5.74, 6) is 1.05. The van der Waals surface area contributed by atoms with Crippen LogP contribution in [-0.2, 0) is 0 Å². The molecule has 0 bridgehead atoms. The van der Waals surface area contributed by atoms with Crippen molar-refractivity contribution in [2.75, 3.05) is 5.75 Å². The fourth-order valence-corrected chi connectivity index (χ4v) is 3.57. The molecule has 2 aromatic heterocycles. The van der Waals surface area contributed by atoms with Crippen LogP contribution >= 0.6 is 11.8 Å². The summed E-state index contributed by atoms with van der Waals surface area (Å²) in [6, 6.07) is 18.6. The first-order valence-electron chi connectivity index (χ1n) is 8.58. The lowest BCUT2D eigenvalue weighted by Crippen LogP contribution is -2.05. The van der Waals surface area contributed by atoms with Crippen LogP contribution in [0, 0.1) is 10.1 Å². The van der Waals surface area contributed by atoms with Crippen molar-refractivity contribution in [1.29, 1.82) is 0 Å². The lowest BCUT2D eigenvalue weighted by Gasteiger charge is -2.08. The molecular formula is C20H14N4O4S. The number of hydrogen-bond donors (Lipinski definition) is 0. The van der Waals surface area contributed by atoms with E-state index in [0.29, 0.717) is 22.3 Å². The van der Waals surface area contributed by atoms with Crippen molar-refractivity contribution in [1.82, 2.24) is 14.8 Å². The molecule has 2 aromatic carbocycles. The van der Waals surface area contributed by atoms with Crippen LogP contribution in [0.5, 0.6) is 0 Å². The van der Waals surface area contributed by atoms with Crippen LogP contribution in [0.25, 0.3) is 17.3 Å². The maximum Gasteiger partial charge on any atom is 0.269 e. The van der Waals surface area contributed by atoms with Gasteiger partial charge in [0.1, 0.15) is 0 Å². The van der Waals surface area contributed by atoms with Crippen LogP contribution in [0.15, 0.2) is 82.6 Å². The first kappa shape index (κ1) is 18.6. The predicted molar refractivity (Wildman–Crippen MR) is 107 cm³/mol. The van der Waals surface area contributed by atoms with Crippen LogP contribution in [0.2, 0.25) is 0 Å². The summed E-state index contributed by atoms with van der Waals surface area (Å²) in [5, 5.41) is 19.7. The van der Waals surface area contributed by atoms with E-state index in [4.69, 9.17) is 4.42 Å². The van der Waals surface area contributed by atoms with Gasteiger partial charge in [0.2, 0.25) is 5.82 Å². The molecule has 0 amide bonds. The summed E-state index contributed by atoms with van der Waals surface area (Å²) in [7, 11) is 0. The predicted octanol–water partition coefficient (Wildman–Crippen LogP) is 4.41. The van der Waals surface area contributed by atoms with Gasteiger partial charge in [-0.1, -0.05) is 30.0 Å². The number of Topliss-reactive ketones (excluding diaryl/α,β-unsaturated/α-hetero) is 1. The first-order valence-corrected chi connectivity index (χ1v) is 9.57. The molecule has 0 aliphatic rings. The highest BCUT2D eigenvalue weighted by Crippen LogP contribution is 2.28. The molecule has 0 unspecified atom stereocenters. The maximum absolute atomic E-state index is 12.5. The summed E-state index contributed by atoms with van der Waals surface area (Å²) >= 11 is 1.24. The van der Waals surface area contributed by atoms with Gasteiger partial charge in [0.15, 0.2) is 16.7 Å². The van der Waals surface area contributed by atoms with E-state index in [1.807, 2.05) is 34.9 Å². The number of para-hydroxylation sites is 1. The molecule has 0 atom stereocenters. The van der Waals surface area contributed by atoms with Crippen molar-refractivity contribution < 1.29 is 14.1 Å². The quantitative estimate of drug-likeness (QED) is 0.194. The normalized spacial score (nSPS) is 10.8. The van der Waals surface area contributed by atoms with E-state index in [0.717, 1.165) is 5.69 Å². The number of non-ortho nitro benzene ring substituents is 1. The Balaban J connectivity index is 1.59. The second-order valence-corrected chi connectivity index (χ2v) is 6.91. The average Bonchev–Trinajstić information content (AvgIpc) is 3.42. The van der Waals surface area contributed by atoms with Crippen molar-refractivity contribution in [3.63, 3.8) is 0 Å². The number of nitro benzene ring substituents is 1. The van der Waals surface area contributed by atoms with Gasteiger partial charge in [-0.15, -0.1) is 10.2 Å². The summed E-state index contributed by atoms with van der Waals surface area (Å²) < 4.78 is 7.29. The van der Waals surface area contributed by atoms with Gasteiger partial charge in [-0.25, -0.2) is 0 Å². The van der Waals surface area contributed by atoms with E-state index in [9.17, 15) is 14.9 Å². The SMILES string of the molecule is O=C(CSc1nnc(-c2ccco2)n1-c1ccccc1)c1ccc([N+](=O)[O-])cc1. The van der Waals surface area contributed by atoms with Crippen molar-refractivity contribution >= 4 is 23.2 Å². The Morgan fingerprint density at radius 1 is 1.03 bits per heavy atom. The van der Waals surface area contributed by atoms with Crippen molar-refractivity contribution in [3.8, 4) is 17.3 Å². The molecule has 29 heavy (non-hydrogen) atoms. The number of thioether (sulfide) groups is 1. The zero-order chi connectivity index (χ0) is 20.2. The number of benzene rings is 2. The lowest BCUT2D eigenvalue weighted by atomic mass is 10.1. The molecule has 4 aromatic rings. The minimum absolute atomic E-state index is 0.0545. The average molecular weight is 406 g/mol. The minimum Gasteiger partial charge on any atom is -0.461 e. The first-order chi connectivity index (χ1) is 14.1. The van der Waals surface area contributed by atoms with Gasteiger partial charge in [-0.3, -0.25) is 19.5 Å². The van der Waals surface area contributed by atoms with Crippen LogP contribution < -0.4 is 0 Å². The molecule has 8 nitrogen and oxygen atoms in total. The van der Waals surface area contributed by atoms with Crippen LogP contribution in [0.4, 0.5) is 5.69 Å². The smallest absolute Gasteiger partial charge is 0.269 e. The molecule has 0 fully saturated rings. The Hall–Kier alpha value is -3.72. The third kappa shape index (κ3) is 3.94. The summed E-state index contributed by atoms with van der Waals surface area (Å²) in [6.45, 7) is 0. The Morgan fingerprint density at radius 3 is 2.45 bits per heavy atom. The number of carbonyl (C=O) groups is 1. The maximum atomic E-state index is 12.5. The van der Waals surface area contributed by atoms with Crippen molar-refractivity contribution in [2.24, 2.45) is 0 Å². The number of furan rings is 1. The van der Waals surface area contributed by atoms with Gasteiger partial charge in [0.05, 0.1) is 16.9 Å². The summed E-state index contributed by atoms with van der Waals surface area (Å²) in [5.41, 5.74) is 1.19. The van der Waals surface area contributed by atoms with Crippen LogP contribution in [0.1, 0.15) is 10.4 Å². The number of aromatic nitrogens is 3. The molecule has 4 rings (SSSR count). The Kier molecular flexibility index (Phi) is 5.21. The van der Waals surface area contributed by atoms with Gasteiger partial charge in [-0.05, 0) is 36.4 Å². The molecule has 144 valence electrons. The lowest BCUT2D eigenvalue weighted by molar-refractivity contribution is -0.384. The molecule has 0 saturated carbocycles. The highest BCUT2D eigenvalue weighted by Gasteiger charge is 2.19. The molecule has 0 aliphatic heterocycles. The van der Waals surface area contributed by atoms with Crippen molar-refractivity contribution in [2.45, 2.75) is 5.16 Å². The number of ketones is 1. The highest BCUT2D eigenvalue weighted by atomic mass is 32.2. The Labute approximate surface area is 169 Å². The highest BCUT2D eigenvalue weighted by molar-refractivity contribution is 7.99. The number of hydrogen-bond acceptors (Lipinski definition) is 7. The number of nitrogens with zero attached hydrogens (tertiary/aromatic N) is 4. The van der Waals surface area contributed by atoms with Gasteiger partial charge in [0, 0.05) is 23.4 Å². The fourth-order valence-electron chi connectivity index (χ4n) is 2.72. The number of nitro groups is 1. The molecule has 9 heteroatoms. The molecule has 0 spiro atoms. The fraction of sp³-hybridized carbons (Fsp3) is 0.0500. The second-order valence-electron chi connectivity index (χ2n) is 5.97. The summed E-state index contributed by atoms with van der Waals surface area (Å²) in [6.07, 6.45) is 1.56. The van der Waals surface area contributed by atoms with E-state index < -0.39 is 4.92 Å². The van der Waals surface area contributed by atoms with Gasteiger partial charge in [-0.2, -0.15) is 0 Å². The largest absolute Gasteiger partial charge is 0.461 e. The molecule has 0 N–H and O–H groups in total. The van der Waals surface area contributed by atoms with E-state index >= 15 is 0 Å². The third-order valence-corrected chi connectivity index (χ3v) is 5.05. The van der Waals surface area contributed by atoms with Gasteiger partial charge >= 0.3 is 0 Å². The summed E-state index contributed by atoms with van der Waals surface area (Å²) in [4.78, 5) is 22.8. The second kappa shape index (κ2) is 8.11. The van der Waals surface area contributed by atoms with Gasteiger partial charge in [0.25, 0.3) is 5.69 Å². The van der Waals surface area contributed by atoms with E-state index in [2.05, 4.69) is 10.2 Å². The number of rotatable bonds is 7. The van der Waals surface area contributed by atoms with E-state index in [1.54, 1.807) is 18.4 Å². The Morgan fingerprint density at radius 2 is 1.79 bits per heavy atom. The van der Waals surface area contributed by atoms with E-state index in [-0.39, 0.29) is 17.2 Å². The standard InChI is InChI=1S/C20H14N4O4S/c25-17(14-8-10-16(11-9-14)24(26)27)13-29-20-22-21-19(18-7-4-12-28-18)23(20)15-5-2-1-3-6-15/h1-12H,13H2. The molecule has 0 saturated heterocycles. The topological polar surface area (TPSA) is 104 Å². The molecule has 0 aliphatic carbocycles. The molecular weight excluding hydrogens is 392 g/mol. The van der Waals surface area contributed by atoms with E-state index in [1.165, 1.54) is 36.0 Å². The van der Waals surface area contributed by atoms with Gasteiger partial charge < -0.3 is 4.42 Å². The molecule has 2 heterocycles. The third-order valence-electron chi connectivity index (χ3n) is 4.12. The molecule has 0 radical (unpaired) electrons. The monoisotopic (exact) mass is 406 g/mol. The van der Waals surface area contributed by atoms with Crippen LogP contribution in [0.3, 0.4) is 0 Å².